The predicted molar refractivity (Wildman–Crippen MR) is 149 cm³/mol. The monoisotopic (exact) mass is 527 g/mol. The Labute approximate surface area is 227 Å². The molecule has 1 fully saturated rings. The Kier molecular flexibility index (Phi) is 8.05. The molecule has 5 rings (SSSR count). The van der Waals surface area contributed by atoms with E-state index in [1.165, 1.54) is 4.90 Å². The summed E-state index contributed by atoms with van der Waals surface area (Å²) in [6.45, 7) is 2.18. The number of fused-ring (bicyclic) bond motifs is 1. The molecule has 1 heterocycles. The third kappa shape index (κ3) is 5.72. The van der Waals surface area contributed by atoms with Gasteiger partial charge in [-0.05, 0) is 61.7 Å². The number of nitrogens with zero attached hydrogens (tertiary/aromatic N) is 4. The minimum absolute atomic E-state index is 0.0731. The molecule has 4 aromatic rings. The fourth-order valence-electron chi connectivity index (χ4n) is 5.17. The number of nitrogens with one attached hydrogen (secondary N) is 1. The largest absolute Gasteiger partial charge is 0.497 e. The molecule has 39 heavy (non-hydrogen) atoms. The van der Waals surface area contributed by atoms with Crippen LogP contribution < -0.4 is 19.7 Å². The topological polar surface area (TPSA) is 98.6 Å². The van der Waals surface area contributed by atoms with Crippen molar-refractivity contribution in [2.24, 2.45) is 0 Å². The molecule has 1 unspecified atom stereocenters. The quantitative estimate of drug-likeness (QED) is 0.322. The highest BCUT2D eigenvalue weighted by Gasteiger charge is 2.36. The van der Waals surface area contributed by atoms with Gasteiger partial charge in [0.1, 0.15) is 29.6 Å². The molecule has 1 atom stereocenters. The second kappa shape index (κ2) is 12.0. The van der Waals surface area contributed by atoms with E-state index in [4.69, 9.17) is 9.47 Å². The van der Waals surface area contributed by atoms with Crippen LogP contribution in [-0.2, 0) is 16.1 Å². The third-order valence-corrected chi connectivity index (χ3v) is 7.02. The maximum Gasteiger partial charge on any atom is 0.249 e. The Balaban J connectivity index is 1.62. The molecule has 9 nitrogen and oxygen atoms in total. The summed E-state index contributed by atoms with van der Waals surface area (Å²) in [5, 5.41) is 11.6. The molecule has 0 aliphatic heterocycles. The highest BCUT2D eigenvalue weighted by atomic mass is 16.5. The standard InChI is InChI=1S/C30H33N5O4/c1-3-39-27-18-9-8-17-26(27)35(28(36)20-34-25-16-7-6-15-24(25)32-33-34)29(21-11-10-14-23(19-21)38-2)30(37)31-22-12-4-5-13-22/h6-11,14-19,22,29H,3-5,12-13,20H2,1-2H3,(H,31,37). The number of ether oxygens (including phenoxy) is 2. The number of hydrogen-bond donors (Lipinski definition) is 1. The fraction of sp³-hybridized carbons (Fsp3) is 0.333. The van der Waals surface area contributed by atoms with Crippen LogP contribution in [0.3, 0.4) is 0 Å². The van der Waals surface area contributed by atoms with E-state index >= 15 is 0 Å². The van der Waals surface area contributed by atoms with E-state index in [1.54, 1.807) is 23.9 Å². The van der Waals surface area contributed by atoms with Crippen molar-refractivity contribution < 1.29 is 19.1 Å². The number of methoxy groups -OCH3 is 1. The lowest BCUT2D eigenvalue weighted by molar-refractivity contribution is -0.127. The van der Waals surface area contributed by atoms with Gasteiger partial charge < -0.3 is 14.8 Å². The molecule has 1 aromatic heterocycles. The summed E-state index contributed by atoms with van der Waals surface area (Å²) < 4.78 is 13.0. The minimum atomic E-state index is -0.968. The van der Waals surface area contributed by atoms with Gasteiger partial charge in [-0.1, -0.05) is 54.5 Å². The lowest BCUT2D eigenvalue weighted by Crippen LogP contribution is -2.47. The highest BCUT2D eigenvalue weighted by molar-refractivity contribution is 6.02. The lowest BCUT2D eigenvalue weighted by Gasteiger charge is -2.33. The summed E-state index contributed by atoms with van der Waals surface area (Å²) in [4.78, 5) is 29.9. The summed E-state index contributed by atoms with van der Waals surface area (Å²) in [7, 11) is 1.58. The average molecular weight is 528 g/mol. The summed E-state index contributed by atoms with van der Waals surface area (Å²) in [6.07, 6.45) is 3.99. The molecule has 1 N–H and O–H groups in total. The molecule has 3 aromatic carbocycles. The highest BCUT2D eigenvalue weighted by Crippen LogP contribution is 2.36. The molecular weight excluding hydrogens is 494 g/mol. The first-order valence-corrected chi connectivity index (χ1v) is 13.4. The average Bonchev–Trinajstić information content (AvgIpc) is 3.62. The van der Waals surface area contributed by atoms with Gasteiger partial charge in [0.15, 0.2) is 0 Å². The number of benzene rings is 3. The SMILES string of the molecule is CCOc1ccccc1N(C(=O)Cn1nnc2ccccc21)C(C(=O)NC1CCCC1)c1cccc(OC)c1. The van der Waals surface area contributed by atoms with Crippen LogP contribution in [0.1, 0.15) is 44.2 Å². The van der Waals surface area contributed by atoms with Crippen molar-refractivity contribution in [3.63, 3.8) is 0 Å². The first-order valence-electron chi connectivity index (χ1n) is 13.4. The second-order valence-corrected chi connectivity index (χ2v) is 9.57. The minimum Gasteiger partial charge on any atom is -0.497 e. The van der Waals surface area contributed by atoms with Gasteiger partial charge in [0.25, 0.3) is 0 Å². The van der Waals surface area contributed by atoms with E-state index in [9.17, 15) is 9.59 Å². The number of carbonyl (C=O) groups is 2. The first-order chi connectivity index (χ1) is 19.1. The van der Waals surface area contributed by atoms with Crippen LogP contribution in [0.4, 0.5) is 5.69 Å². The van der Waals surface area contributed by atoms with Gasteiger partial charge in [0.05, 0.1) is 24.9 Å². The maximum atomic E-state index is 14.3. The Morgan fingerprint density at radius 1 is 1.05 bits per heavy atom. The number of hydrogen-bond acceptors (Lipinski definition) is 6. The van der Waals surface area contributed by atoms with Crippen molar-refractivity contribution in [1.82, 2.24) is 20.3 Å². The molecule has 0 radical (unpaired) electrons. The fourth-order valence-corrected chi connectivity index (χ4v) is 5.17. The van der Waals surface area contributed by atoms with Crippen LogP contribution in [0.2, 0.25) is 0 Å². The van der Waals surface area contributed by atoms with Gasteiger partial charge in [0.2, 0.25) is 11.8 Å². The summed E-state index contributed by atoms with van der Waals surface area (Å²) >= 11 is 0. The van der Waals surface area contributed by atoms with Gasteiger partial charge >= 0.3 is 0 Å². The number of aromatic nitrogens is 3. The number of anilines is 1. The van der Waals surface area contributed by atoms with E-state index in [-0.39, 0.29) is 24.4 Å². The molecule has 9 heteroatoms. The van der Waals surface area contributed by atoms with E-state index in [0.29, 0.717) is 34.9 Å². The number of carbonyl (C=O) groups excluding carboxylic acids is 2. The van der Waals surface area contributed by atoms with E-state index < -0.39 is 6.04 Å². The number of amides is 2. The summed E-state index contributed by atoms with van der Waals surface area (Å²) in [5.41, 5.74) is 2.56. The van der Waals surface area contributed by atoms with Gasteiger partial charge in [-0.15, -0.1) is 5.10 Å². The lowest BCUT2D eigenvalue weighted by atomic mass is 10.0. The summed E-state index contributed by atoms with van der Waals surface area (Å²) in [5.74, 6) is 0.530. The van der Waals surface area contributed by atoms with Gasteiger partial charge in [0, 0.05) is 6.04 Å². The normalized spacial score (nSPS) is 14.2. The maximum absolute atomic E-state index is 14.3. The Morgan fingerprint density at radius 2 is 1.82 bits per heavy atom. The molecule has 1 aliphatic rings. The van der Waals surface area contributed by atoms with Crippen LogP contribution in [-0.4, -0.2) is 46.6 Å². The second-order valence-electron chi connectivity index (χ2n) is 9.57. The van der Waals surface area contributed by atoms with Gasteiger partial charge in [-0.3, -0.25) is 14.5 Å². The molecule has 1 aliphatic carbocycles. The zero-order valence-electron chi connectivity index (χ0n) is 22.2. The van der Waals surface area contributed by atoms with Crippen LogP contribution in [0, 0.1) is 0 Å². The van der Waals surface area contributed by atoms with Gasteiger partial charge in [-0.2, -0.15) is 0 Å². The van der Waals surface area contributed by atoms with Crippen LogP contribution in [0.25, 0.3) is 11.0 Å². The molecule has 0 spiro atoms. The van der Waals surface area contributed by atoms with Crippen molar-refractivity contribution in [3.8, 4) is 11.5 Å². The van der Waals surface area contributed by atoms with E-state index in [2.05, 4.69) is 15.6 Å². The Bertz CT molecular complexity index is 1450. The number of rotatable bonds is 10. The van der Waals surface area contributed by atoms with Crippen LogP contribution in [0.15, 0.2) is 72.8 Å². The number of para-hydroxylation sites is 3. The van der Waals surface area contributed by atoms with E-state index in [0.717, 1.165) is 31.2 Å². The van der Waals surface area contributed by atoms with Crippen molar-refractivity contribution in [2.45, 2.75) is 51.2 Å². The smallest absolute Gasteiger partial charge is 0.249 e. The first kappa shape index (κ1) is 26.2. The molecule has 0 bridgehead atoms. The molecule has 1 saturated carbocycles. The van der Waals surface area contributed by atoms with Crippen molar-refractivity contribution >= 4 is 28.5 Å². The van der Waals surface area contributed by atoms with Crippen molar-refractivity contribution in [3.05, 3.63) is 78.4 Å². The van der Waals surface area contributed by atoms with Crippen LogP contribution in [0.5, 0.6) is 11.5 Å². The molecule has 202 valence electrons. The van der Waals surface area contributed by atoms with E-state index in [1.807, 2.05) is 67.6 Å². The Morgan fingerprint density at radius 3 is 2.62 bits per heavy atom. The van der Waals surface area contributed by atoms with Crippen LogP contribution >= 0.6 is 0 Å². The van der Waals surface area contributed by atoms with Gasteiger partial charge in [-0.25, -0.2) is 4.68 Å². The molecular formula is C30H33N5O4. The molecule has 2 amide bonds. The predicted octanol–water partition coefficient (Wildman–Crippen LogP) is 4.67. The summed E-state index contributed by atoms with van der Waals surface area (Å²) in [6, 6.07) is 21.2. The van der Waals surface area contributed by atoms with Crippen molar-refractivity contribution in [2.75, 3.05) is 18.6 Å². The zero-order chi connectivity index (χ0) is 27.2. The Hall–Kier alpha value is -4.40. The molecule has 0 saturated heterocycles. The van der Waals surface area contributed by atoms with Crippen molar-refractivity contribution in [1.29, 1.82) is 0 Å². The third-order valence-electron chi connectivity index (χ3n) is 7.02. The zero-order valence-corrected chi connectivity index (χ0v) is 22.2.